The molecule has 100 valence electrons. The standard InChI is InChI=1S/C16H31N/c1-5-6-7-10-15(17-4)16(13-14(2)3)11-8-9-12-16/h5,14-15,17H,1,6-13H2,2-4H3. The molecular weight excluding hydrogens is 206 g/mol. The fourth-order valence-corrected chi connectivity index (χ4v) is 3.81. The second kappa shape index (κ2) is 7.20. The molecule has 1 saturated carbocycles. The summed E-state index contributed by atoms with van der Waals surface area (Å²) in [6.45, 7) is 8.57. The van der Waals surface area contributed by atoms with Crippen molar-refractivity contribution in [2.24, 2.45) is 11.3 Å². The predicted molar refractivity (Wildman–Crippen MR) is 77.3 cm³/mol. The average Bonchev–Trinajstić information content (AvgIpc) is 2.73. The maximum absolute atomic E-state index is 3.83. The highest BCUT2D eigenvalue weighted by Gasteiger charge is 2.40. The maximum atomic E-state index is 3.83. The molecule has 0 aromatic carbocycles. The third kappa shape index (κ3) is 4.13. The lowest BCUT2D eigenvalue weighted by molar-refractivity contribution is 0.152. The van der Waals surface area contributed by atoms with Gasteiger partial charge in [0, 0.05) is 6.04 Å². The fraction of sp³-hybridized carbons (Fsp3) is 0.875. The molecule has 1 unspecified atom stereocenters. The Labute approximate surface area is 108 Å². The molecule has 1 N–H and O–H groups in total. The number of nitrogens with one attached hydrogen (secondary N) is 1. The van der Waals surface area contributed by atoms with Crippen molar-refractivity contribution < 1.29 is 0 Å². The van der Waals surface area contributed by atoms with E-state index in [0.29, 0.717) is 11.5 Å². The second-order valence-corrected chi connectivity index (χ2v) is 6.23. The van der Waals surface area contributed by atoms with E-state index in [4.69, 9.17) is 0 Å². The summed E-state index contributed by atoms with van der Waals surface area (Å²) in [6, 6.07) is 0.715. The summed E-state index contributed by atoms with van der Waals surface area (Å²) in [5.41, 5.74) is 0.587. The Kier molecular flexibility index (Phi) is 6.26. The molecular formula is C16H31N. The fourth-order valence-electron chi connectivity index (χ4n) is 3.81. The Balaban J connectivity index is 2.61. The minimum absolute atomic E-state index is 0.587. The molecule has 1 atom stereocenters. The van der Waals surface area contributed by atoms with Crippen LogP contribution in [0, 0.1) is 11.3 Å². The molecule has 1 heteroatoms. The maximum Gasteiger partial charge on any atom is 0.0121 e. The second-order valence-electron chi connectivity index (χ2n) is 6.23. The van der Waals surface area contributed by atoms with Crippen LogP contribution in [0.5, 0.6) is 0 Å². The van der Waals surface area contributed by atoms with Crippen molar-refractivity contribution in [2.75, 3.05) is 7.05 Å². The third-order valence-corrected chi connectivity index (χ3v) is 4.40. The summed E-state index contributed by atoms with van der Waals surface area (Å²) < 4.78 is 0. The summed E-state index contributed by atoms with van der Waals surface area (Å²) in [6.07, 6.45) is 13.0. The van der Waals surface area contributed by atoms with E-state index >= 15 is 0 Å². The number of hydrogen-bond donors (Lipinski definition) is 1. The van der Waals surface area contributed by atoms with Crippen molar-refractivity contribution in [2.45, 2.75) is 71.3 Å². The zero-order valence-electron chi connectivity index (χ0n) is 12.1. The molecule has 1 fully saturated rings. The van der Waals surface area contributed by atoms with E-state index in [1.807, 2.05) is 0 Å². The number of rotatable bonds is 8. The van der Waals surface area contributed by atoms with Crippen LogP contribution >= 0.6 is 0 Å². The van der Waals surface area contributed by atoms with Gasteiger partial charge in [-0.2, -0.15) is 0 Å². The largest absolute Gasteiger partial charge is 0.316 e. The molecule has 1 nitrogen and oxygen atoms in total. The van der Waals surface area contributed by atoms with Crippen LogP contribution in [0.2, 0.25) is 0 Å². The molecule has 0 saturated heterocycles. The lowest BCUT2D eigenvalue weighted by Gasteiger charge is -2.39. The Morgan fingerprint density at radius 1 is 1.29 bits per heavy atom. The van der Waals surface area contributed by atoms with E-state index in [2.05, 4.69) is 38.9 Å². The Morgan fingerprint density at radius 3 is 2.41 bits per heavy atom. The van der Waals surface area contributed by atoms with Gasteiger partial charge in [-0.25, -0.2) is 0 Å². The molecule has 0 radical (unpaired) electrons. The van der Waals surface area contributed by atoms with Crippen molar-refractivity contribution in [1.82, 2.24) is 5.32 Å². The van der Waals surface area contributed by atoms with E-state index in [9.17, 15) is 0 Å². The smallest absolute Gasteiger partial charge is 0.0121 e. The van der Waals surface area contributed by atoms with Gasteiger partial charge in [0.15, 0.2) is 0 Å². The van der Waals surface area contributed by atoms with E-state index in [1.165, 1.54) is 44.9 Å². The van der Waals surface area contributed by atoms with Crippen molar-refractivity contribution in [3.05, 3.63) is 12.7 Å². The van der Waals surface area contributed by atoms with Crippen LogP contribution in [0.15, 0.2) is 12.7 Å². The summed E-state index contributed by atoms with van der Waals surface area (Å²) >= 11 is 0. The highest BCUT2D eigenvalue weighted by molar-refractivity contribution is 4.95. The summed E-state index contributed by atoms with van der Waals surface area (Å²) in [4.78, 5) is 0. The van der Waals surface area contributed by atoms with Crippen molar-refractivity contribution >= 4 is 0 Å². The molecule has 0 amide bonds. The first-order valence-electron chi connectivity index (χ1n) is 7.43. The first-order chi connectivity index (χ1) is 8.14. The molecule has 0 aromatic rings. The molecule has 0 heterocycles. The quantitative estimate of drug-likeness (QED) is 0.483. The molecule has 1 aliphatic rings. The van der Waals surface area contributed by atoms with Crippen LogP contribution in [0.25, 0.3) is 0 Å². The normalized spacial score (nSPS) is 20.7. The summed E-state index contributed by atoms with van der Waals surface area (Å²) in [7, 11) is 2.15. The van der Waals surface area contributed by atoms with E-state index in [-0.39, 0.29) is 0 Å². The molecule has 17 heavy (non-hydrogen) atoms. The minimum atomic E-state index is 0.587. The Bertz CT molecular complexity index is 214. The van der Waals surface area contributed by atoms with Crippen LogP contribution in [0.3, 0.4) is 0 Å². The van der Waals surface area contributed by atoms with Crippen LogP contribution in [0.4, 0.5) is 0 Å². The third-order valence-electron chi connectivity index (χ3n) is 4.40. The highest BCUT2D eigenvalue weighted by atomic mass is 14.9. The number of unbranched alkanes of at least 4 members (excludes halogenated alkanes) is 1. The van der Waals surface area contributed by atoms with Crippen molar-refractivity contribution in [3.8, 4) is 0 Å². The van der Waals surface area contributed by atoms with Gasteiger partial charge in [-0.1, -0.05) is 32.8 Å². The number of allylic oxidation sites excluding steroid dienone is 1. The first kappa shape index (κ1) is 14.8. The highest BCUT2D eigenvalue weighted by Crippen LogP contribution is 2.47. The lowest BCUT2D eigenvalue weighted by atomic mass is 9.71. The van der Waals surface area contributed by atoms with Gasteiger partial charge in [0.25, 0.3) is 0 Å². The average molecular weight is 237 g/mol. The van der Waals surface area contributed by atoms with Gasteiger partial charge in [-0.3, -0.25) is 0 Å². The molecule has 1 aliphatic carbocycles. The van der Waals surface area contributed by atoms with Crippen molar-refractivity contribution in [1.29, 1.82) is 0 Å². The van der Waals surface area contributed by atoms with Crippen LogP contribution in [-0.4, -0.2) is 13.1 Å². The predicted octanol–water partition coefficient (Wildman–Crippen LogP) is 4.54. The Hall–Kier alpha value is -0.300. The van der Waals surface area contributed by atoms with Gasteiger partial charge in [0.05, 0.1) is 0 Å². The topological polar surface area (TPSA) is 12.0 Å². The first-order valence-corrected chi connectivity index (χ1v) is 7.43. The van der Waals surface area contributed by atoms with Crippen LogP contribution in [0.1, 0.15) is 65.2 Å². The molecule has 0 aromatic heterocycles. The summed E-state index contributed by atoms with van der Waals surface area (Å²) in [5.74, 6) is 0.823. The van der Waals surface area contributed by atoms with E-state index in [1.54, 1.807) is 0 Å². The molecule has 0 spiro atoms. The SMILES string of the molecule is C=CCCCC(NC)C1(CC(C)C)CCCC1. The van der Waals surface area contributed by atoms with Gasteiger partial charge in [0.1, 0.15) is 0 Å². The van der Waals surface area contributed by atoms with Gasteiger partial charge < -0.3 is 5.32 Å². The van der Waals surface area contributed by atoms with Crippen molar-refractivity contribution in [3.63, 3.8) is 0 Å². The molecule has 0 aliphatic heterocycles. The molecule has 0 bridgehead atoms. The number of hydrogen-bond acceptors (Lipinski definition) is 1. The van der Waals surface area contributed by atoms with E-state index in [0.717, 1.165) is 12.3 Å². The lowest BCUT2D eigenvalue weighted by Crippen LogP contribution is -2.43. The van der Waals surface area contributed by atoms with Crippen LogP contribution in [-0.2, 0) is 0 Å². The van der Waals surface area contributed by atoms with Gasteiger partial charge in [-0.05, 0) is 56.9 Å². The van der Waals surface area contributed by atoms with Gasteiger partial charge >= 0.3 is 0 Å². The van der Waals surface area contributed by atoms with Crippen LogP contribution < -0.4 is 5.32 Å². The Morgan fingerprint density at radius 2 is 1.94 bits per heavy atom. The zero-order valence-corrected chi connectivity index (χ0v) is 12.1. The zero-order chi connectivity index (χ0) is 12.7. The van der Waals surface area contributed by atoms with Gasteiger partial charge in [-0.15, -0.1) is 6.58 Å². The van der Waals surface area contributed by atoms with Gasteiger partial charge in [0.2, 0.25) is 0 Å². The monoisotopic (exact) mass is 237 g/mol. The molecule has 1 rings (SSSR count). The minimum Gasteiger partial charge on any atom is -0.316 e. The van der Waals surface area contributed by atoms with E-state index < -0.39 is 0 Å². The summed E-state index contributed by atoms with van der Waals surface area (Å²) in [5, 5.41) is 3.61.